The van der Waals surface area contributed by atoms with Gasteiger partial charge in [-0.1, -0.05) is 13.0 Å². The van der Waals surface area contributed by atoms with E-state index in [1.165, 1.54) is 0 Å². The Labute approximate surface area is 148 Å². The van der Waals surface area contributed by atoms with Gasteiger partial charge in [-0.15, -0.1) is 0 Å². The van der Waals surface area contributed by atoms with E-state index in [0.29, 0.717) is 24.9 Å². The van der Waals surface area contributed by atoms with E-state index in [9.17, 15) is 9.59 Å². The minimum Gasteiger partial charge on any atom is -0.481 e. The quantitative estimate of drug-likeness (QED) is 0.887. The van der Waals surface area contributed by atoms with Gasteiger partial charge in [-0.3, -0.25) is 9.59 Å². The summed E-state index contributed by atoms with van der Waals surface area (Å²) in [6, 6.07) is 3.46. The molecule has 2 aliphatic rings. The normalized spacial score (nSPS) is 25.4. The fourth-order valence-corrected chi connectivity index (χ4v) is 3.52. The zero-order valence-corrected chi connectivity index (χ0v) is 15.2. The number of carbonyl (C=O) groups is 2. The maximum atomic E-state index is 12.7. The average Bonchev–Trinajstić information content (AvgIpc) is 3.36. The van der Waals surface area contributed by atoms with E-state index in [-0.39, 0.29) is 23.8 Å². The molecule has 1 saturated carbocycles. The van der Waals surface area contributed by atoms with Gasteiger partial charge in [0.15, 0.2) is 0 Å². The second kappa shape index (κ2) is 7.42. The molecule has 1 aromatic heterocycles. The van der Waals surface area contributed by atoms with Crippen LogP contribution < -0.4 is 10.1 Å². The van der Waals surface area contributed by atoms with Crippen LogP contribution in [0, 0.1) is 18.8 Å². The Bertz CT molecular complexity index is 661. The molecule has 2 heterocycles. The molecule has 2 amide bonds. The van der Waals surface area contributed by atoms with Gasteiger partial charge in [-0.05, 0) is 44.6 Å². The molecular formula is C19H27N3O3. The van der Waals surface area contributed by atoms with E-state index in [1.807, 2.05) is 19.1 Å². The monoisotopic (exact) mass is 345 g/mol. The first-order valence-corrected chi connectivity index (χ1v) is 9.10. The molecule has 25 heavy (non-hydrogen) atoms. The number of aromatic nitrogens is 1. The molecule has 1 aromatic rings. The molecule has 1 aliphatic heterocycles. The van der Waals surface area contributed by atoms with Crippen LogP contribution in [0.25, 0.3) is 0 Å². The SMILES string of the molecule is COc1nc(C)ccc1CNC(=O)[C@@H]1CCCCN1C(=O)[C@@H]1C[C@@H]1C. The van der Waals surface area contributed by atoms with Crippen molar-refractivity contribution in [3.8, 4) is 5.88 Å². The van der Waals surface area contributed by atoms with E-state index >= 15 is 0 Å². The number of nitrogens with zero attached hydrogens (tertiary/aromatic N) is 2. The number of ether oxygens (including phenoxy) is 1. The predicted molar refractivity (Wildman–Crippen MR) is 94.0 cm³/mol. The molecule has 136 valence electrons. The topological polar surface area (TPSA) is 71.5 Å². The molecule has 6 heteroatoms. The number of nitrogens with one attached hydrogen (secondary N) is 1. The van der Waals surface area contributed by atoms with Crippen LogP contribution in [-0.2, 0) is 16.1 Å². The highest BCUT2D eigenvalue weighted by Gasteiger charge is 2.44. The predicted octanol–water partition coefficient (Wildman–Crippen LogP) is 2.05. The Balaban J connectivity index is 1.64. The lowest BCUT2D eigenvalue weighted by Gasteiger charge is -2.35. The third-order valence-electron chi connectivity index (χ3n) is 5.24. The van der Waals surface area contributed by atoms with E-state index in [1.54, 1.807) is 12.0 Å². The molecule has 0 spiro atoms. The van der Waals surface area contributed by atoms with Gasteiger partial charge < -0.3 is 15.0 Å². The highest BCUT2D eigenvalue weighted by atomic mass is 16.5. The zero-order chi connectivity index (χ0) is 18.0. The molecule has 0 radical (unpaired) electrons. The van der Waals surface area contributed by atoms with E-state index in [4.69, 9.17) is 4.74 Å². The van der Waals surface area contributed by atoms with Crippen molar-refractivity contribution in [2.45, 2.75) is 52.1 Å². The van der Waals surface area contributed by atoms with Gasteiger partial charge in [-0.25, -0.2) is 4.98 Å². The second-order valence-corrected chi connectivity index (χ2v) is 7.20. The Hall–Kier alpha value is -2.11. The molecular weight excluding hydrogens is 318 g/mol. The third-order valence-corrected chi connectivity index (χ3v) is 5.24. The third kappa shape index (κ3) is 3.94. The number of likely N-dealkylation sites (tertiary alicyclic amines) is 1. The fraction of sp³-hybridized carbons (Fsp3) is 0.632. The van der Waals surface area contributed by atoms with Crippen LogP contribution in [0.5, 0.6) is 5.88 Å². The van der Waals surface area contributed by atoms with E-state index in [0.717, 1.165) is 36.9 Å². The summed E-state index contributed by atoms with van der Waals surface area (Å²) in [6.07, 6.45) is 3.65. The second-order valence-electron chi connectivity index (χ2n) is 7.20. The lowest BCUT2D eigenvalue weighted by molar-refractivity contribution is -0.143. The van der Waals surface area contributed by atoms with Gasteiger partial charge >= 0.3 is 0 Å². The van der Waals surface area contributed by atoms with Gasteiger partial charge in [0, 0.05) is 30.3 Å². The van der Waals surface area contributed by atoms with E-state index < -0.39 is 0 Å². The molecule has 6 nitrogen and oxygen atoms in total. The highest BCUT2D eigenvalue weighted by Crippen LogP contribution is 2.40. The minimum atomic E-state index is -0.349. The van der Waals surface area contributed by atoms with Crippen LogP contribution >= 0.6 is 0 Å². The molecule has 0 aromatic carbocycles. The Morgan fingerprint density at radius 1 is 1.36 bits per heavy atom. The molecule has 0 bridgehead atoms. The minimum absolute atomic E-state index is 0.0796. The van der Waals surface area contributed by atoms with E-state index in [2.05, 4.69) is 17.2 Å². The molecule has 0 unspecified atom stereocenters. The van der Waals surface area contributed by atoms with Crippen molar-refractivity contribution < 1.29 is 14.3 Å². The summed E-state index contributed by atoms with van der Waals surface area (Å²) in [7, 11) is 1.57. The summed E-state index contributed by atoms with van der Waals surface area (Å²) in [5, 5.41) is 2.97. The molecule has 1 saturated heterocycles. The fourth-order valence-electron chi connectivity index (χ4n) is 3.52. The highest BCUT2D eigenvalue weighted by molar-refractivity contribution is 5.89. The van der Waals surface area contributed by atoms with Gasteiger partial charge in [0.25, 0.3) is 0 Å². The number of rotatable bonds is 5. The number of carbonyl (C=O) groups excluding carboxylic acids is 2. The first-order chi connectivity index (χ1) is 12.0. The van der Waals surface area contributed by atoms with Crippen molar-refractivity contribution in [1.82, 2.24) is 15.2 Å². The number of piperidine rings is 1. The van der Waals surface area contributed by atoms with Crippen LogP contribution in [0.2, 0.25) is 0 Å². The van der Waals surface area contributed by atoms with Crippen molar-refractivity contribution in [2.75, 3.05) is 13.7 Å². The average molecular weight is 345 g/mol. The van der Waals surface area contributed by atoms with Crippen LogP contribution in [0.15, 0.2) is 12.1 Å². The smallest absolute Gasteiger partial charge is 0.243 e. The maximum Gasteiger partial charge on any atom is 0.243 e. The van der Waals surface area contributed by atoms with Gasteiger partial charge in [0.05, 0.1) is 7.11 Å². The summed E-state index contributed by atoms with van der Waals surface area (Å²) < 4.78 is 5.29. The molecule has 2 fully saturated rings. The van der Waals surface area contributed by atoms with Crippen LogP contribution in [-0.4, -0.2) is 41.4 Å². The largest absolute Gasteiger partial charge is 0.481 e. The summed E-state index contributed by atoms with van der Waals surface area (Å²) in [5.74, 6) is 1.19. The zero-order valence-electron chi connectivity index (χ0n) is 15.2. The number of hydrogen-bond acceptors (Lipinski definition) is 4. The summed E-state index contributed by atoms with van der Waals surface area (Å²) >= 11 is 0. The van der Waals surface area contributed by atoms with Crippen molar-refractivity contribution in [1.29, 1.82) is 0 Å². The summed E-state index contributed by atoms with van der Waals surface area (Å²) in [6.45, 7) is 5.04. The van der Waals surface area contributed by atoms with Crippen LogP contribution in [0.4, 0.5) is 0 Å². The van der Waals surface area contributed by atoms with Crippen molar-refractivity contribution in [3.63, 3.8) is 0 Å². The van der Waals surface area contributed by atoms with Gasteiger partial charge in [0.1, 0.15) is 6.04 Å². The number of hydrogen-bond donors (Lipinski definition) is 1. The number of pyridine rings is 1. The Morgan fingerprint density at radius 2 is 2.12 bits per heavy atom. The summed E-state index contributed by atoms with van der Waals surface area (Å²) in [4.78, 5) is 31.5. The first-order valence-electron chi connectivity index (χ1n) is 9.10. The first kappa shape index (κ1) is 17.7. The molecule has 3 atom stereocenters. The van der Waals surface area contributed by atoms with Gasteiger partial charge in [-0.2, -0.15) is 0 Å². The Morgan fingerprint density at radius 3 is 2.80 bits per heavy atom. The molecule has 1 N–H and O–H groups in total. The Kier molecular flexibility index (Phi) is 5.25. The molecule has 3 rings (SSSR count). The van der Waals surface area contributed by atoms with Crippen molar-refractivity contribution in [2.24, 2.45) is 11.8 Å². The van der Waals surface area contributed by atoms with Crippen LogP contribution in [0.3, 0.4) is 0 Å². The maximum absolute atomic E-state index is 12.7. The standard InChI is InChI=1S/C19H27N3O3/c1-12-10-15(12)19(24)22-9-5-4-6-16(22)17(23)20-11-14-8-7-13(2)21-18(14)25-3/h7-8,12,15-16H,4-6,9-11H2,1-3H3,(H,20,23)/t12-,15+,16-/m0/s1. The van der Waals surface area contributed by atoms with Crippen LogP contribution in [0.1, 0.15) is 43.9 Å². The molecule has 1 aliphatic carbocycles. The van der Waals surface area contributed by atoms with Gasteiger partial charge in [0.2, 0.25) is 17.7 Å². The lowest BCUT2D eigenvalue weighted by Crippen LogP contribution is -2.52. The number of aryl methyl sites for hydroxylation is 1. The lowest BCUT2D eigenvalue weighted by atomic mass is 10.0. The number of amides is 2. The van der Waals surface area contributed by atoms with Crippen molar-refractivity contribution in [3.05, 3.63) is 23.4 Å². The van der Waals surface area contributed by atoms with Crippen molar-refractivity contribution >= 4 is 11.8 Å². The number of methoxy groups -OCH3 is 1. The summed E-state index contributed by atoms with van der Waals surface area (Å²) in [5.41, 5.74) is 1.71.